The average Bonchev–Trinajstić information content (AvgIpc) is 2.64. The number of hydrogen-bond donors (Lipinski definition) is 2. The van der Waals surface area contributed by atoms with Crippen LogP contribution in [0, 0.1) is 11.8 Å². The Morgan fingerprint density at radius 1 is 1.27 bits per heavy atom. The van der Waals surface area contributed by atoms with Crippen LogP contribution in [-0.2, 0) is 0 Å². The van der Waals surface area contributed by atoms with Crippen LogP contribution < -0.4 is 11.1 Å². The van der Waals surface area contributed by atoms with Crippen LogP contribution in [0.3, 0.4) is 0 Å². The lowest BCUT2D eigenvalue weighted by Crippen LogP contribution is -2.46. The van der Waals surface area contributed by atoms with E-state index >= 15 is 0 Å². The summed E-state index contributed by atoms with van der Waals surface area (Å²) in [5, 5.41) is 3.77. The lowest BCUT2D eigenvalue weighted by atomic mass is 9.93. The van der Waals surface area contributed by atoms with Crippen LogP contribution in [0.25, 0.3) is 0 Å². The van der Waals surface area contributed by atoms with Crippen molar-refractivity contribution in [2.24, 2.45) is 17.6 Å². The van der Waals surface area contributed by atoms with E-state index in [0.717, 1.165) is 24.4 Å². The van der Waals surface area contributed by atoms with E-state index in [1.807, 2.05) is 0 Å². The molecule has 0 aromatic carbocycles. The van der Waals surface area contributed by atoms with E-state index < -0.39 is 0 Å². The molecule has 0 bridgehead atoms. The normalized spacial score (nSPS) is 28.6. The van der Waals surface area contributed by atoms with Crippen LogP contribution >= 0.6 is 0 Å². The second kappa shape index (κ2) is 6.49. The van der Waals surface area contributed by atoms with Crippen LogP contribution in [0.1, 0.15) is 52.9 Å². The molecule has 1 rings (SSSR count). The number of hydrogen-bond acceptors (Lipinski definition) is 2. The van der Waals surface area contributed by atoms with Crippen molar-refractivity contribution in [3.63, 3.8) is 0 Å². The number of nitrogens with one attached hydrogen (secondary N) is 1. The van der Waals surface area contributed by atoms with Crippen molar-refractivity contribution in [1.29, 1.82) is 0 Å². The fraction of sp³-hybridized carbons (Fsp3) is 1.00. The third-order valence-electron chi connectivity index (χ3n) is 4.02. The topological polar surface area (TPSA) is 38.0 Å². The van der Waals surface area contributed by atoms with Gasteiger partial charge < -0.3 is 11.1 Å². The molecule has 1 aliphatic carbocycles. The Balaban J connectivity index is 2.38. The fourth-order valence-corrected chi connectivity index (χ4v) is 2.92. The number of nitrogens with two attached hydrogens (primary N) is 1. The summed E-state index contributed by atoms with van der Waals surface area (Å²) in [5.41, 5.74) is 5.88. The van der Waals surface area contributed by atoms with Crippen molar-refractivity contribution < 1.29 is 0 Å². The largest absolute Gasteiger partial charge is 0.329 e. The standard InChI is InChI=1S/C13H28N2/c1-4-11(5-2)13(9-14)15-12-7-6-10(3)8-12/h10-13,15H,4-9,14H2,1-3H3. The van der Waals surface area contributed by atoms with Gasteiger partial charge in [-0.1, -0.05) is 33.6 Å². The van der Waals surface area contributed by atoms with E-state index in [9.17, 15) is 0 Å². The number of rotatable bonds is 6. The molecule has 0 aromatic rings. The smallest absolute Gasteiger partial charge is 0.0220 e. The summed E-state index contributed by atoms with van der Waals surface area (Å²) in [6.07, 6.45) is 6.56. The fourth-order valence-electron chi connectivity index (χ4n) is 2.92. The zero-order chi connectivity index (χ0) is 11.3. The molecule has 0 radical (unpaired) electrons. The van der Waals surface area contributed by atoms with Gasteiger partial charge in [-0.05, 0) is 31.1 Å². The molecular weight excluding hydrogens is 184 g/mol. The van der Waals surface area contributed by atoms with Gasteiger partial charge in [0.1, 0.15) is 0 Å². The first-order valence-corrected chi connectivity index (χ1v) is 6.67. The summed E-state index contributed by atoms with van der Waals surface area (Å²) >= 11 is 0. The van der Waals surface area contributed by atoms with Crippen molar-refractivity contribution in [2.75, 3.05) is 6.54 Å². The SMILES string of the molecule is CCC(CC)C(CN)NC1CCC(C)C1. The molecule has 0 saturated heterocycles. The van der Waals surface area contributed by atoms with Crippen molar-refractivity contribution in [3.05, 3.63) is 0 Å². The van der Waals surface area contributed by atoms with Gasteiger partial charge >= 0.3 is 0 Å². The van der Waals surface area contributed by atoms with E-state index in [2.05, 4.69) is 26.1 Å². The Bertz CT molecular complexity index is 166. The second-order valence-corrected chi connectivity index (χ2v) is 5.20. The molecule has 0 aromatic heterocycles. The van der Waals surface area contributed by atoms with Gasteiger partial charge in [-0.2, -0.15) is 0 Å². The van der Waals surface area contributed by atoms with Gasteiger partial charge in [0.2, 0.25) is 0 Å². The van der Waals surface area contributed by atoms with E-state index in [-0.39, 0.29) is 0 Å². The van der Waals surface area contributed by atoms with Gasteiger partial charge in [-0.15, -0.1) is 0 Å². The Morgan fingerprint density at radius 2 is 1.93 bits per heavy atom. The summed E-state index contributed by atoms with van der Waals surface area (Å²) < 4.78 is 0. The van der Waals surface area contributed by atoms with E-state index in [4.69, 9.17) is 5.73 Å². The predicted molar refractivity (Wildman–Crippen MR) is 66.9 cm³/mol. The summed E-state index contributed by atoms with van der Waals surface area (Å²) in [4.78, 5) is 0. The van der Waals surface area contributed by atoms with E-state index in [1.54, 1.807) is 0 Å². The molecule has 0 aliphatic heterocycles. The highest BCUT2D eigenvalue weighted by atomic mass is 15.0. The maximum absolute atomic E-state index is 5.88. The van der Waals surface area contributed by atoms with Crippen molar-refractivity contribution in [2.45, 2.75) is 65.0 Å². The van der Waals surface area contributed by atoms with Crippen molar-refractivity contribution >= 4 is 0 Å². The molecule has 1 saturated carbocycles. The van der Waals surface area contributed by atoms with Crippen molar-refractivity contribution in [1.82, 2.24) is 5.32 Å². The molecule has 1 aliphatic rings. The summed E-state index contributed by atoms with van der Waals surface area (Å²) in [7, 11) is 0. The Labute approximate surface area is 95.0 Å². The molecule has 0 heterocycles. The molecule has 1 fully saturated rings. The van der Waals surface area contributed by atoms with Crippen LogP contribution in [0.15, 0.2) is 0 Å². The minimum Gasteiger partial charge on any atom is -0.329 e. The molecule has 2 heteroatoms. The molecule has 2 nitrogen and oxygen atoms in total. The van der Waals surface area contributed by atoms with Crippen LogP contribution in [0.2, 0.25) is 0 Å². The highest BCUT2D eigenvalue weighted by Gasteiger charge is 2.25. The maximum Gasteiger partial charge on any atom is 0.0220 e. The summed E-state index contributed by atoms with van der Waals surface area (Å²) in [6.45, 7) is 7.69. The highest BCUT2D eigenvalue weighted by Crippen LogP contribution is 2.26. The lowest BCUT2D eigenvalue weighted by Gasteiger charge is -2.28. The quantitative estimate of drug-likeness (QED) is 0.710. The second-order valence-electron chi connectivity index (χ2n) is 5.20. The average molecular weight is 212 g/mol. The van der Waals surface area contributed by atoms with E-state index in [1.165, 1.54) is 32.1 Å². The van der Waals surface area contributed by atoms with Gasteiger partial charge in [0, 0.05) is 18.6 Å². The summed E-state index contributed by atoms with van der Waals surface area (Å²) in [6, 6.07) is 1.27. The monoisotopic (exact) mass is 212 g/mol. The third kappa shape index (κ3) is 3.76. The first-order valence-electron chi connectivity index (χ1n) is 6.67. The maximum atomic E-state index is 5.88. The first-order chi connectivity index (χ1) is 7.21. The minimum absolute atomic E-state index is 0.537. The van der Waals surface area contributed by atoms with Crippen molar-refractivity contribution in [3.8, 4) is 0 Å². The lowest BCUT2D eigenvalue weighted by molar-refractivity contribution is 0.306. The molecule has 3 N–H and O–H groups in total. The zero-order valence-corrected chi connectivity index (χ0v) is 10.6. The van der Waals surface area contributed by atoms with Crippen LogP contribution in [0.4, 0.5) is 0 Å². The molecule has 90 valence electrons. The summed E-state index contributed by atoms with van der Waals surface area (Å²) in [5.74, 6) is 1.66. The van der Waals surface area contributed by atoms with Gasteiger partial charge in [0.15, 0.2) is 0 Å². The Hall–Kier alpha value is -0.0800. The molecular formula is C13H28N2. The molecule has 3 atom stereocenters. The molecule has 3 unspecified atom stereocenters. The van der Waals surface area contributed by atoms with Crippen LogP contribution in [0.5, 0.6) is 0 Å². The predicted octanol–water partition coefficient (Wildman–Crippen LogP) is 2.53. The Kier molecular flexibility index (Phi) is 5.62. The molecule has 15 heavy (non-hydrogen) atoms. The molecule has 0 spiro atoms. The van der Waals surface area contributed by atoms with Crippen LogP contribution in [-0.4, -0.2) is 18.6 Å². The highest BCUT2D eigenvalue weighted by molar-refractivity contribution is 4.84. The molecule has 0 amide bonds. The minimum atomic E-state index is 0.537. The van der Waals surface area contributed by atoms with Gasteiger partial charge in [-0.25, -0.2) is 0 Å². The first kappa shape index (κ1) is 13.0. The van der Waals surface area contributed by atoms with Gasteiger partial charge in [0.25, 0.3) is 0 Å². The van der Waals surface area contributed by atoms with E-state index in [0.29, 0.717) is 6.04 Å². The van der Waals surface area contributed by atoms with Gasteiger partial charge in [0.05, 0.1) is 0 Å². The Morgan fingerprint density at radius 3 is 2.33 bits per heavy atom. The van der Waals surface area contributed by atoms with Gasteiger partial charge in [-0.3, -0.25) is 0 Å². The third-order valence-corrected chi connectivity index (χ3v) is 4.02. The zero-order valence-electron chi connectivity index (χ0n) is 10.6.